The number of hydrogen-bond acceptors (Lipinski definition) is 10. The molecule has 0 aromatic carbocycles. The number of ether oxygens (including phenoxy) is 6. The first-order chi connectivity index (χ1) is 26.9. The van der Waals surface area contributed by atoms with Gasteiger partial charge in [0.1, 0.15) is 0 Å². The lowest BCUT2D eigenvalue weighted by atomic mass is 9.79. The van der Waals surface area contributed by atoms with E-state index in [1.54, 1.807) is 0 Å². The van der Waals surface area contributed by atoms with Gasteiger partial charge in [0.25, 0.3) is 0 Å². The fraction of sp³-hybridized carbons (Fsp3) is 0.911. The van der Waals surface area contributed by atoms with Crippen LogP contribution >= 0.6 is 0 Å². The molecule has 8 unspecified atom stereocenters. The second kappa shape index (κ2) is 26.7. The number of unbranched alkanes of at least 4 members (excludes halogenated alkanes) is 20. The van der Waals surface area contributed by atoms with Crippen LogP contribution in [0.15, 0.2) is 0 Å². The maximum absolute atomic E-state index is 13.1. The summed E-state index contributed by atoms with van der Waals surface area (Å²) in [5, 5.41) is 0. The van der Waals surface area contributed by atoms with E-state index in [1.165, 1.54) is 103 Å². The van der Waals surface area contributed by atoms with Crippen molar-refractivity contribution in [2.45, 2.75) is 212 Å². The fourth-order valence-corrected chi connectivity index (χ4v) is 8.60. The van der Waals surface area contributed by atoms with Crippen molar-refractivity contribution in [2.24, 2.45) is 23.7 Å². The summed E-state index contributed by atoms with van der Waals surface area (Å²) in [6, 6.07) is 0. The van der Waals surface area contributed by atoms with Crippen molar-refractivity contribution in [3.63, 3.8) is 0 Å². The molecule has 55 heavy (non-hydrogen) atoms. The van der Waals surface area contributed by atoms with E-state index in [0.717, 1.165) is 38.5 Å². The van der Waals surface area contributed by atoms with Crippen molar-refractivity contribution in [1.29, 1.82) is 0 Å². The molecule has 0 spiro atoms. The van der Waals surface area contributed by atoms with Gasteiger partial charge in [-0.1, -0.05) is 142 Å². The van der Waals surface area contributed by atoms with Crippen LogP contribution in [0.4, 0.5) is 0 Å². The van der Waals surface area contributed by atoms with Crippen LogP contribution in [0.3, 0.4) is 0 Å². The Bertz CT molecular complexity index is 1030. The minimum atomic E-state index is -0.596. The van der Waals surface area contributed by atoms with Crippen LogP contribution in [0, 0.1) is 23.7 Å². The summed E-state index contributed by atoms with van der Waals surface area (Å²) < 4.78 is 33.8. The largest absolute Gasteiger partial charge is 0.465 e. The summed E-state index contributed by atoms with van der Waals surface area (Å²) in [5.74, 6) is -3.84. The summed E-state index contributed by atoms with van der Waals surface area (Å²) in [6.45, 7) is 5.38. The quantitative estimate of drug-likeness (QED) is 0.0282. The normalized spacial score (nSPS) is 26.4. The van der Waals surface area contributed by atoms with Gasteiger partial charge < -0.3 is 28.4 Å². The third-order valence-corrected chi connectivity index (χ3v) is 12.3. The highest BCUT2D eigenvalue weighted by Gasteiger charge is 2.54. The molecule has 0 aromatic heterocycles. The third kappa shape index (κ3) is 17.5. The number of esters is 4. The third-order valence-electron chi connectivity index (χ3n) is 12.3. The Balaban J connectivity index is 1.05. The predicted molar refractivity (Wildman–Crippen MR) is 211 cm³/mol. The van der Waals surface area contributed by atoms with Crippen molar-refractivity contribution in [2.75, 3.05) is 26.4 Å². The van der Waals surface area contributed by atoms with Crippen molar-refractivity contribution >= 4 is 23.9 Å². The SMILES string of the molecule is CCCCCCCCCCCCCOC(=O)C1CC2OC2CC1C(=O)OCCCOC(=O)C1CC2OC2CC1C(=O)OCCCCCCCCCCCCC. The maximum atomic E-state index is 13.1. The Morgan fingerprint density at radius 3 is 0.818 bits per heavy atom. The van der Waals surface area contributed by atoms with Gasteiger partial charge >= 0.3 is 23.9 Å². The summed E-state index contributed by atoms with van der Waals surface area (Å²) in [7, 11) is 0. The van der Waals surface area contributed by atoms with Crippen LogP contribution < -0.4 is 0 Å². The Morgan fingerprint density at radius 1 is 0.345 bits per heavy atom. The fourth-order valence-electron chi connectivity index (χ4n) is 8.60. The first-order valence-corrected chi connectivity index (χ1v) is 22.9. The Labute approximate surface area is 332 Å². The number of rotatable bonds is 32. The standard InChI is InChI=1S/C45H76O10/c1-3-5-7-9-11-13-15-17-19-21-23-26-50-42(46)34-30-38-40(54-38)32-36(34)44(48)52-28-25-29-53-45(49)37-33-41-39(55-41)31-35(37)43(47)51-27-24-22-20-18-16-14-12-10-8-6-4-2/h34-41H,3-33H2,1-2H3. The number of hydrogen-bond donors (Lipinski definition) is 0. The summed E-state index contributed by atoms with van der Waals surface area (Å²) in [6.07, 6.45) is 29.2. The van der Waals surface area contributed by atoms with E-state index in [0.29, 0.717) is 45.3 Å². The molecule has 0 amide bonds. The van der Waals surface area contributed by atoms with Gasteiger partial charge in [-0.15, -0.1) is 0 Å². The molecule has 0 aromatic rings. The monoisotopic (exact) mass is 777 g/mol. The molecule has 4 aliphatic rings. The van der Waals surface area contributed by atoms with E-state index in [9.17, 15) is 19.2 Å². The number of epoxide rings is 2. The summed E-state index contributed by atoms with van der Waals surface area (Å²) in [5.41, 5.74) is 0. The molecule has 2 aliphatic carbocycles. The van der Waals surface area contributed by atoms with Gasteiger partial charge in [-0.05, 0) is 38.5 Å². The van der Waals surface area contributed by atoms with Crippen LogP contribution in [-0.2, 0) is 47.6 Å². The van der Waals surface area contributed by atoms with E-state index in [2.05, 4.69) is 13.8 Å². The van der Waals surface area contributed by atoms with E-state index < -0.39 is 35.6 Å². The molecule has 10 heteroatoms. The van der Waals surface area contributed by atoms with Gasteiger partial charge in [-0.2, -0.15) is 0 Å². The van der Waals surface area contributed by atoms with Gasteiger partial charge in [0.05, 0.1) is 74.5 Å². The van der Waals surface area contributed by atoms with E-state index >= 15 is 0 Å². The van der Waals surface area contributed by atoms with Crippen molar-refractivity contribution in [1.82, 2.24) is 0 Å². The molecule has 2 heterocycles. The van der Waals surface area contributed by atoms with Crippen molar-refractivity contribution in [3.05, 3.63) is 0 Å². The summed E-state index contributed by atoms with van der Waals surface area (Å²) in [4.78, 5) is 52.3. The van der Waals surface area contributed by atoms with Gasteiger partial charge in [-0.3, -0.25) is 19.2 Å². The predicted octanol–water partition coefficient (Wildman–Crippen LogP) is 9.76. The molecular formula is C45H76O10. The molecule has 2 saturated carbocycles. The maximum Gasteiger partial charge on any atom is 0.309 e. The Kier molecular flexibility index (Phi) is 22.1. The number of carbonyl (C=O) groups excluding carboxylic acids is 4. The molecule has 0 N–H and O–H groups in total. The van der Waals surface area contributed by atoms with Crippen molar-refractivity contribution in [3.8, 4) is 0 Å². The van der Waals surface area contributed by atoms with Gasteiger partial charge in [-0.25, -0.2) is 0 Å². The lowest BCUT2D eigenvalue weighted by molar-refractivity contribution is -0.164. The van der Waals surface area contributed by atoms with Crippen LogP contribution in [0.2, 0.25) is 0 Å². The Morgan fingerprint density at radius 2 is 0.564 bits per heavy atom. The molecular weight excluding hydrogens is 700 g/mol. The molecule has 8 atom stereocenters. The van der Waals surface area contributed by atoms with Gasteiger partial charge in [0.15, 0.2) is 0 Å². The molecule has 4 rings (SSSR count). The minimum absolute atomic E-state index is 0.000843. The first-order valence-electron chi connectivity index (χ1n) is 22.9. The topological polar surface area (TPSA) is 130 Å². The number of fused-ring (bicyclic) bond motifs is 2. The highest BCUT2D eigenvalue weighted by molar-refractivity contribution is 5.83. The minimum Gasteiger partial charge on any atom is -0.465 e. The highest BCUT2D eigenvalue weighted by atomic mass is 16.6. The number of carbonyl (C=O) groups is 4. The van der Waals surface area contributed by atoms with Crippen LogP contribution in [0.1, 0.15) is 187 Å². The smallest absolute Gasteiger partial charge is 0.309 e. The van der Waals surface area contributed by atoms with Crippen LogP contribution in [-0.4, -0.2) is 74.7 Å². The average molecular weight is 777 g/mol. The molecule has 0 bridgehead atoms. The first kappa shape index (κ1) is 45.5. The zero-order valence-corrected chi connectivity index (χ0v) is 34.6. The Hall–Kier alpha value is -2.20. The average Bonchev–Trinajstić information content (AvgIpc) is 4.12. The van der Waals surface area contributed by atoms with E-state index in [4.69, 9.17) is 28.4 Å². The molecule has 2 aliphatic heterocycles. The lowest BCUT2D eigenvalue weighted by Gasteiger charge is -2.26. The molecule has 2 saturated heterocycles. The molecule has 10 nitrogen and oxygen atoms in total. The van der Waals surface area contributed by atoms with E-state index in [1.807, 2.05) is 0 Å². The molecule has 4 fully saturated rings. The van der Waals surface area contributed by atoms with Crippen LogP contribution in [0.5, 0.6) is 0 Å². The van der Waals surface area contributed by atoms with Gasteiger partial charge in [0.2, 0.25) is 0 Å². The molecule has 0 radical (unpaired) electrons. The second-order valence-corrected chi connectivity index (χ2v) is 16.9. The lowest BCUT2D eigenvalue weighted by Crippen LogP contribution is -2.38. The zero-order chi connectivity index (χ0) is 39.1. The second-order valence-electron chi connectivity index (χ2n) is 16.9. The zero-order valence-electron chi connectivity index (χ0n) is 34.6. The summed E-state index contributed by atoms with van der Waals surface area (Å²) >= 11 is 0. The van der Waals surface area contributed by atoms with Crippen molar-refractivity contribution < 1.29 is 47.6 Å². The molecule has 316 valence electrons. The van der Waals surface area contributed by atoms with Crippen LogP contribution in [0.25, 0.3) is 0 Å². The van der Waals surface area contributed by atoms with E-state index in [-0.39, 0.29) is 49.6 Å². The highest BCUT2D eigenvalue weighted by Crippen LogP contribution is 2.45. The van der Waals surface area contributed by atoms with Gasteiger partial charge in [0, 0.05) is 6.42 Å².